The number of hydrogen-bond donors (Lipinski definition) is 1. The lowest BCUT2D eigenvalue weighted by atomic mass is 9.82. The van der Waals surface area contributed by atoms with Crippen molar-refractivity contribution < 1.29 is 4.21 Å². The molecule has 0 bridgehead atoms. The van der Waals surface area contributed by atoms with Crippen molar-refractivity contribution in [2.24, 2.45) is 17.6 Å². The quantitative estimate of drug-likeness (QED) is 0.927. The third-order valence-electron chi connectivity index (χ3n) is 3.80. The first kappa shape index (κ1) is 14.0. The van der Waals surface area contributed by atoms with Crippen LogP contribution < -0.4 is 5.73 Å². The van der Waals surface area contributed by atoms with Crippen LogP contribution in [0.15, 0.2) is 29.2 Å². The van der Waals surface area contributed by atoms with Crippen LogP contribution >= 0.6 is 11.6 Å². The molecule has 0 aliphatic heterocycles. The van der Waals surface area contributed by atoms with E-state index in [-0.39, 0.29) is 5.25 Å². The fraction of sp³-hybridized carbons (Fsp3) is 0.571. The van der Waals surface area contributed by atoms with Gasteiger partial charge in [0.15, 0.2) is 0 Å². The van der Waals surface area contributed by atoms with Crippen molar-refractivity contribution >= 4 is 22.4 Å². The minimum absolute atomic E-state index is 0.178. The first-order valence-electron chi connectivity index (χ1n) is 6.48. The van der Waals surface area contributed by atoms with Crippen LogP contribution in [0.5, 0.6) is 0 Å². The second-order valence-electron chi connectivity index (χ2n) is 5.21. The summed E-state index contributed by atoms with van der Waals surface area (Å²) < 4.78 is 12.7. The molecule has 2 nitrogen and oxygen atoms in total. The van der Waals surface area contributed by atoms with Crippen LogP contribution in [-0.4, -0.2) is 16.0 Å². The summed E-state index contributed by atoms with van der Waals surface area (Å²) in [4.78, 5) is 0.833. The average molecular weight is 286 g/mol. The van der Waals surface area contributed by atoms with Gasteiger partial charge in [-0.2, -0.15) is 0 Å². The summed E-state index contributed by atoms with van der Waals surface area (Å²) in [7, 11) is -0.995. The Bertz CT molecular complexity index is 438. The molecule has 0 heterocycles. The lowest BCUT2D eigenvalue weighted by Crippen LogP contribution is -2.36. The van der Waals surface area contributed by atoms with Gasteiger partial charge in [-0.05, 0) is 49.4 Å². The fourth-order valence-electron chi connectivity index (χ4n) is 2.69. The molecule has 0 radical (unpaired) electrons. The maximum Gasteiger partial charge on any atom is 0.0564 e. The van der Waals surface area contributed by atoms with E-state index < -0.39 is 10.8 Å². The summed E-state index contributed by atoms with van der Waals surface area (Å²) in [6.45, 7) is 2.86. The van der Waals surface area contributed by atoms with Gasteiger partial charge in [0.1, 0.15) is 0 Å². The van der Waals surface area contributed by atoms with Crippen LogP contribution in [0.1, 0.15) is 26.2 Å². The SMILES string of the molecule is CC1CCC(CN)C(S(=O)c2cccc(Cl)c2)C1. The number of hydrogen-bond acceptors (Lipinski definition) is 2. The molecule has 4 atom stereocenters. The molecular formula is C14H20ClNOS. The number of halogens is 1. The van der Waals surface area contributed by atoms with E-state index in [1.807, 2.05) is 24.3 Å². The van der Waals surface area contributed by atoms with Crippen LogP contribution in [0.2, 0.25) is 5.02 Å². The lowest BCUT2D eigenvalue weighted by molar-refractivity contribution is 0.302. The van der Waals surface area contributed by atoms with Gasteiger partial charge < -0.3 is 5.73 Å². The maximum absolute atomic E-state index is 12.7. The Labute approximate surface area is 116 Å². The molecule has 1 aromatic rings. The summed E-state index contributed by atoms with van der Waals surface area (Å²) in [6.07, 6.45) is 3.29. The molecule has 0 amide bonds. The van der Waals surface area contributed by atoms with Gasteiger partial charge in [-0.25, -0.2) is 0 Å². The van der Waals surface area contributed by atoms with Gasteiger partial charge in [0, 0.05) is 15.2 Å². The van der Waals surface area contributed by atoms with Crippen LogP contribution in [0.25, 0.3) is 0 Å². The molecule has 1 aliphatic rings. The summed E-state index contributed by atoms with van der Waals surface area (Å²) >= 11 is 5.97. The standard InChI is InChI=1S/C14H20ClNOS/c1-10-5-6-11(9-16)14(7-10)18(17)13-4-2-3-12(15)8-13/h2-4,8,10-11,14H,5-7,9,16H2,1H3. The zero-order valence-electron chi connectivity index (χ0n) is 10.6. The van der Waals surface area contributed by atoms with Gasteiger partial charge >= 0.3 is 0 Å². The zero-order valence-corrected chi connectivity index (χ0v) is 12.2. The molecule has 2 rings (SSSR count). The van der Waals surface area contributed by atoms with E-state index in [1.54, 1.807) is 0 Å². The van der Waals surface area contributed by atoms with Crippen molar-refractivity contribution in [3.05, 3.63) is 29.3 Å². The van der Waals surface area contributed by atoms with Gasteiger partial charge in [-0.15, -0.1) is 0 Å². The zero-order chi connectivity index (χ0) is 13.1. The van der Waals surface area contributed by atoms with Gasteiger partial charge in [0.05, 0.1) is 10.8 Å². The van der Waals surface area contributed by atoms with Crippen molar-refractivity contribution in [2.75, 3.05) is 6.54 Å². The second-order valence-corrected chi connectivity index (χ2v) is 7.32. The number of benzene rings is 1. The normalized spacial score (nSPS) is 30.1. The first-order chi connectivity index (χ1) is 8.61. The van der Waals surface area contributed by atoms with Crippen LogP contribution in [0.3, 0.4) is 0 Å². The van der Waals surface area contributed by atoms with E-state index in [9.17, 15) is 4.21 Å². The topological polar surface area (TPSA) is 43.1 Å². The molecule has 4 heteroatoms. The van der Waals surface area contributed by atoms with E-state index in [0.717, 1.165) is 17.7 Å². The Balaban J connectivity index is 2.20. The lowest BCUT2D eigenvalue weighted by Gasteiger charge is -2.33. The van der Waals surface area contributed by atoms with Crippen LogP contribution in [0.4, 0.5) is 0 Å². The Morgan fingerprint density at radius 2 is 2.22 bits per heavy atom. The number of nitrogens with two attached hydrogens (primary N) is 1. The molecule has 18 heavy (non-hydrogen) atoms. The van der Waals surface area contributed by atoms with Crippen molar-refractivity contribution in [1.29, 1.82) is 0 Å². The molecule has 100 valence electrons. The van der Waals surface area contributed by atoms with E-state index in [1.165, 1.54) is 6.42 Å². The highest BCUT2D eigenvalue weighted by atomic mass is 35.5. The van der Waals surface area contributed by atoms with Gasteiger partial charge in [0.2, 0.25) is 0 Å². The minimum atomic E-state index is -0.995. The smallest absolute Gasteiger partial charge is 0.0564 e. The monoisotopic (exact) mass is 285 g/mol. The molecule has 4 unspecified atom stereocenters. The van der Waals surface area contributed by atoms with Crippen molar-refractivity contribution in [2.45, 2.75) is 36.3 Å². The first-order valence-corrected chi connectivity index (χ1v) is 8.07. The fourth-order valence-corrected chi connectivity index (χ4v) is 4.85. The molecule has 1 aliphatic carbocycles. The Kier molecular flexibility index (Phi) is 4.82. The van der Waals surface area contributed by atoms with E-state index in [2.05, 4.69) is 6.92 Å². The summed E-state index contributed by atoms with van der Waals surface area (Å²) in [6, 6.07) is 7.38. The van der Waals surface area contributed by atoms with E-state index >= 15 is 0 Å². The Hall–Kier alpha value is -0.380. The molecule has 0 aromatic heterocycles. The highest BCUT2D eigenvalue weighted by Crippen LogP contribution is 2.34. The minimum Gasteiger partial charge on any atom is -0.330 e. The van der Waals surface area contributed by atoms with Crippen molar-refractivity contribution in [3.8, 4) is 0 Å². The highest BCUT2D eigenvalue weighted by molar-refractivity contribution is 7.85. The van der Waals surface area contributed by atoms with Gasteiger partial charge in [-0.1, -0.05) is 31.0 Å². The molecule has 2 N–H and O–H groups in total. The third kappa shape index (κ3) is 3.14. The molecule has 1 saturated carbocycles. The van der Waals surface area contributed by atoms with Crippen LogP contribution in [0, 0.1) is 11.8 Å². The summed E-state index contributed by atoms with van der Waals surface area (Å²) in [5, 5.41) is 0.825. The maximum atomic E-state index is 12.7. The summed E-state index contributed by atoms with van der Waals surface area (Å²) in [5.74, 6) is 1.02. The third-order valence-corrected chi connectivity index (χ3v) is 5.88. The Morgan fingerprint density at radius 1 is 1.44 bits per heavy atom. The molecule has 1 fully saturated rings. The number of rotatable bonds is 3. The van der Waals surface area contributed by atoms with Crippen molar-refractivity contribution in [3.63, 3.8) is 0 Å². The molecule has 0 saturated heterocycles. The summed E-state index contributed by atoms with van der Waals surface area (Å²) in [5.41, 5.74) is 5.82. The highest BCUT2D eigenvalue weighted by Gasteiger charge is 2.32. The predicted molar refractivity (Wildman–Crippen MR) is 77.2 cm³/mol. The average Bonchev–Trinajstić information content (AvgIpc) is 2.38. The Morgan fingerprint density at radius 3 is 2.89 bits per heavy atom. The van der Waals surface area contributed by atoms with Crippen LogP contribution in [-0.2, 0) is 10.8 Å². The van der Waals surface area contributed by atoms with E-state index in [0.29, 0.717) is 23.4 Å². The van der Waals surface area contributed by atoms with E-state index in [4.69, 9.17) is 17.3 Å². The van der Waals surface area contributed by atoms with Gasteiger partial charge in [0.25, 0.3) is 0 Å². The molecular weight excluding hydrogens is 266 g/mol. The van der Waals surface area contributed by atoms with Gasteiger partial charge in [-0.3, -0.25) is 4.21 Å². The molecule has 1 aromatic carbocycles. The predicted octanol–water partition coefficient (Wildman–Crippen LogP) is 3.21. The second kappa shape index (κ2) is 6.18. The largest absolute Gasteiger partial charge is 0.330 e. The van der Waals surface area contributed by atoms with Crippen molar-refractivity contribution in [1.82, 2.24) is 0 Å². The molecule has 0 spiro atoms.